The predicted molar refractivity (Wildman–Crippen MR) is 81.2 cm³/mol. The SMILES string of the molecule is CCN(Cc1cc(CNC(C)C)oc1C)CC(C)C. The van der Waals surface area contributed by atoms with Crippen molar-refractivity contribution in [2.75, 3.05) is 13.1 Å². The zero-order valence-corrected chi connectivity index (χ0v) is 13.4. The molecule has 0 saturated heterocycles. The summed E-state index contributed by atoms with van der Waals surface area (Å²) < 4.78 is 5.83. The molecule has 0 fully saturated rings. The Bertz CT molecular complexity index is 369. The molecule has 1 N–H and O–H groups in total. The van der Waals surface area contributed by atoms with Gasteiger partial charge < -0.3 is 9.73 Å². The molecule has 0 atom stereocenters. The van der Waals surface area contributed by atoms with E-state index in [2.05, 4.69) is 57.8 Å². The topological polar surface area (TPSA) is 28.4 Å². The van der Waals surface area contributed by atoms with Crippen LogP contribution in [0.15, 0.2) is 10.5 Å². The van der Waals surface area contributed by atoms with Crippen molar-refractivity contribution in [1.29, 1.82) is 0 Å². The number of nitrogens with one attached hydrogen (secondary N) is 1. The molecule has 19 heavy (non-hydrogen) atoms. The summed E-state index contributed by atoms with van der Waals surface area (Å²) in [6, 6.07) is 2.69. The molecule has 3 heteroatoms. The van der Waals surface area contributed by atoms with E-state index in [1.54, 1.807) is 0 Å². The monoisotopic (exact) mass is 266 g/mol. The maximum absolute atomic E-state index is 5.83. The molecule has 110 valence electrons. The quantitative estimate of drug-likeness (QED) is 0.780. The average molecular weight is 266 g/mol. The van der Waals surface area contributed by atoms with Crippen LogP contribution in [0.2, 0.25) is 0 Å². The molecule has 0 saturated carbocycles. The molecule has 0 aromatic carbocycles. The van der Waals surface area contributed by atoms with Gasteiger partial charge in [0, 0.05) is 24.7 Å². The van der Waals surface area contributed by atoms with Gasteiger partial charge in [-0.1, -0.05) is 34.6 Å². The summed E-state index contributed by atoms with van der Waals surface area (Å²) in [5, 5.41) is 3.39. The lowest BCUT2D eigenvalue weighted by atomic mass is 10.1. The lowest BCUT2D eigenvalue weighted by Crippen LogP contribution is -2.27. The maximum Gasteiger partial charge on any atom is 0.118 e. The minimum atomic E-state index is 0.488. The molecule has 1 rings (SSSR count). The second kappa shape index (κ2) is 7.71. The molecule has 0 aliphatic carbocycles. The molecule has 1 heterocycles. The number of hydrogen-bond donors (Lipinski definition) is 1. The van der Waals surface area contributed by atoms with Crippen molar-refractivity contribution >= 4 is 0 Å². The van der Waals surface area contributed by atoms with Crippen molar-refractivity contribution in [2.24, 2.45) is 5.92 Å². The number of nitrogens with zero attached hydrogens (tertiary/aromatic N) is 1. The smallest absolute Gasteiger partial charge is 0.118 e. The highest BCUT2D eigenvalue weighted by Crippen LogP contribution is 2.17. The second-order valence-corrected chi connectivity index (χ2v) is 6.05. The molecule has 0 spiro atoms. The van der Waals surface area contributed by atoms with E-state index in [0.717, 1.165) is 37.7 Å². The van der Waals surface area contributed by atoms with E-state index >= 15 is 0 Å². The molecule has 1 aromatic heterocycles. The standard InChI is InChI=1S/C16H30N2O/c1-7-18(10-12(2)3)11-15-8-16(19-14(15)6)9-17-13(4)5/h8,12-13,17H,7,9-11H2,1-6H3. The third-order valence-electron chi connectivity index (χ3n) is 3.22. The lowest BCUT2D eigenvalue weighted by Gasteiger charge is -2.22. The van der Waals surface area contributed by atoms with Gasteiger partial charge in [0.25, 0.3) is 0 Å². The fourth-order valence-corrected chi connectivity index (χ4v) is 2.20. The van der Waals surface area contributed by atoms with Crippen LogP contribution in [0.25, 0.3) is 0 Å². The highest BCUT2D eigenvalue weighted by Gasteiger charge is 2.12. The first-order chi connectivity index (χ1) is 8.92. The summed E-state index contributed by atoms with van der Waals surface area (Å²) in [6.07, 6.45) is 0. The molecular weight excluding hydrogens is 236 g/mol. The van der Waals surface area contributed by atoms with Crippen LogP contribution in [-0.2, 0) is 13.1 Å². The average Bonchev–Trinajstić information content (AvgIpc) is 2.66. The number of rotatable bonds is 8. The number of aryl methyl sites for hydroxylation is 1. The molecule has 1 aromatic rings. The molecule has 0 radical (unpaired) electrons. The van der Waals surface area contributed by atoms with Crippen LogP contribution in [0, 0.1) is 12.8 Å². The van der Waals surface area contributed by atoms with Crippen molar-refractivity contribution in [3.8, 4) is 0 Å². The van der Waals surface area contributed by atoms with E-state index in [4.69, 9.17) is 4.42 Å². The summed E-state index contributed by atoms with van der Waals surface area (Å²) in [7, 11) is 0. The van der Waals surface area contributed by atoms with E-state index in [1.807, 2.05) is 0 Å². The second-order valence-electron chi connectivity index (χ2n) is 6.05. The van der Waals surface area contributed by atoms with E-state index in [0.29, 0.717) is 12.0 Å². The Kier molecular flexibility index (Phi) is 6.59. The van der Waals surface area contributed by atoms with Crippen LogP contribution < -0.4 is 5.32 Å². The van der Waals surface area contributed by atoms with Crippen LogP contribution in [0.4, 0.5) is 0 Å². The fourth-order valence-electron chi connectivity index (χ4n) is 2.20. The number of furan rings is 1. The van der Waals surface area contributed by atoms with Gasteiger partial charge in [0.1, 0.15) is 11.5 Å². The van der Waals surface area contributed by atoms with Crippen molar-refractivity contribution in [2.45, 2.75) is 60.7 Å². The Morgan fingerprint density at radius 1 is 1.26 bits per heavy atom. The molecule has 0 unspecified atom stereocenters. The molecule has 3 nitrogen and oxygen atoms in total. The van der Waals surface area contributed by atoms with Crippen molar-refractivity contribution in [1.82, 2.24) is 10.2 Å². The van der Waals surface area contributed by atoms with Gasteiger partial charge >= 0.3 is 0 Å². The van der Waals surface area contributed by atoms with Gasteiger partial charge in [-0.15, -0.1) is 0 Å². The summed E-state index contributed by atoms with van der Waals surface area (Å²) in [5.74, 6) is 2.80. The molecule has 0 aliphatic rings. The van der Waals surface area contributed by atoms with Crippen LogP contribution in [-0.4, -0.2) is 24.0 Å². The third-order valence-corrected chi connectivity index (χ3v) is 3.22. The van der Waals surface area contributed by atoms with Gasteiger partial charge in [-0.05, 0) is 25.5 Å². The fraction of sp³-hybridized carbons (Fsp3) is 0.750. The minimum Gasteiger partial charge on any atom is -0.465 e. The first-order valence-electron chi connectivity index (χ1n) is 7.46. The normalized spacial score (nSPS) is 12.1. The van der Waals surface area contributed by atoms with Crippen molar-refractivity contribution < 1.29 is 4.42 Å². The highest BCUT2D eigenvalue weighted by molar-refractivity contribution is 5.20. The van der Waals surface area contributed by atoms with Gasteiger partial charge in [-0.2, -0.15) is 0 Å². The summed E-state index contributed by atoms with van der Waals surface area (Å²) in [5.41, 5.74) is 1.32. The van der Waals surface area contributed by atoms with Crippen molar-refractivity contribution in [3.05, 3.63) is 23.2 Å². The van der Waals surface area contributed by atoms with Gasteiger partial charge in [-0.25, -0.2) is 0 Å². The Hall–Kier alpha value is -0.800. The summed E-state index contributed by atoms with van der Waals surface area (Å²) >= 11 is 0. The van der Waals surface area contributed by atoms with Crippen LogP contribution in [0.3, 0.4) is 0 Å². The third kappa shape index (κ3) is 5.79. The van der Waals surface area contributed by atoms with Gasteiger partial charge in [0.2, 0.25) is 0 Å². The van der Waals surface area contributed by atoms with Gasteiger partial charge in [-0.3, -0.25) is 4.90 Å². The lowest BCUT2D eigenvalue weighted by molar-refractivity contribution is 0.247. The Morgan fingerprint density at radius 2 is 1.95 bits per heavy atom. The Balaban J connectivity index is 2.62. The highest BCUT2D eigenvalue weighted by atomic mass is 16.3. The summed E-state index contributed by atoms with van der Waals surface area (Å²) in [4.78, 5) is 2.47. The zero-order chi connectivity index (χ0) is 14.4. The Labute approximate surface area is 118 Å². The number of hydrogen-bond acceptors (Lipinski definition) is 3. The van der Waals surface area contributed by atoms with E-state index in [9.17, 15) is 0 Å². The first kappa shape index (κ1) is 16.3. The summed E-state index contributed by atoms with van der Waals surface area (Å²) in [6.45, 7) is 17.2. The largest absolute Gasteiger partial charge is 0.465 e. The zero-order valence-electron chi connectivity index (χ0n) is 13.4. The van der Waals surface area contributed by atoms with Gasteiger partial charge in [0.15, 0.2) is 0 Å². The molecule has 0 amide bonds. The molecule has 0 aliphatic heterocycles. The van der Waals surface area contributed by atoms with E-state index < -0.39 is 0 Å². The van der Waals surface area contributed by atoms with Crippen LogP contribution in [0.1, 0.15) is 51.7 Å². The van der Waals surface area contributed by atoms with Crippen LogP contribution >= 0.6 is 0 Å². The van der Waals surface area contributed by atoms with Crippen molar-refractivity contribution in [3.63, 3.8) is 0 Å². The van der Waals surface area contributed by atoms with Gasteiger partial charge in [0.05, 0.1) is 6.54 Å². The molecule has 0 bridgehead atoms. The maximum atomic E-state index is 5.83. The minimum absolute atomic E-state index is 0.488. The predicted octanol–water partition coefficient (Wildman–Crippen LogP) is 3.56. The Morgan fingerprint density at radius 3 is 2.47 bits per heavy atom. The van der Waals surface area contributed by atoms with Crippen LogP contribution in [0.5, 0.6) is 0 Å². The van der Waals surface area contributed by atoms with E-state index in [-0.39, 0.29) is 0 Å². The first-order valence-corrected chi connectivity index (χ1v) is 7.46. The molecular formula is C16H30N2O. The van der Waals surface area contributed by atoms with E-state index in [1.165, 1.54) is 5.56 Å².